The Labute approximate surface area is 167 Å². The predicted molar refractivity (Wildman–Crippen MR) is 101 cm³/mol. The number of imide groups is 1. The van der Waals surface area contributed by atoms with E-state index in [-0.39, 0.29) is 44.2 Å². The molecule has 9 heteroatoms. The zero-order valence-corrected chi connectivity index (χ0v) is 16.0. The molecule has 7 nitrogen and oxygen atoms in total. The Kier molecular flexibility index (Phi) is 6.59. The Hall–Kier alpha value is -2.39. The number of benzene rings is 1. The summed E-state index contributed by atoms with van der Waals surface area (Å²) in [5.41, 5.74) is 1.26. The summed E-state index contributed by atoms with van der Waals surface area (Å²) in [6.45, 7) is -0.534. The molecule has 158 valence electrons. The highest BCUT2D eigenvalue weighted by molar-refractivity contribution is 6.01. The summed E-state index contributed by atoms with van der Waals surface area (Å²) in [5.74, 6) is -5.18. The molecule has 0 bridgehead atoms. The van der Waals surface area contributed by atoms with Crippen LogP contribution in [0.5, 0.6) is 0 Å². The number of hydrogen-bond donors (Lipinski definition) is 3. The van der Waals surface area contributed by atoms with Gasteiger partial charge < -0.3 is 10.4 Å². The molecule has 2 heterocycles. The van der Waals surface area contributed by atoms with E-state index in [9.17, 15) is 23.2 Å². The number of rotatable bonds is 6. The van der Waals surface area contributed by atoms with Crippen LogP contribution >= 0.6 is 0 Å². The normalized spacial score (nSPS) is 24.8. The van der Waals surface area contributed by atoms with Crippen molar-refractivity contribution in [3.8, 4) is 0 Å². The average Bonchev–Trinajstić information content (AvgIpc) is 2.64. The van der Waals surface area contributed by atoms with Gasteiger partial charge in [-0.25, -0.2) is 8.78 Å². The van der Waals surface area contributed by atoms with Crippen LogP contribution in [0, 0.1) is 5.92 Å². The number of halogens is 2. The smallest absolute Gasteiger partial charge is 0.263 e. The van der Waals surface area contributed by atoms with Crippen LogP contribution < -0.4 is 10.6 Å². The maximum atomic E-state index is 14.1. The van der Waals surface area contributed by atoms with Crippen molar-refractivity contribution in [3.63, 3.8) is 0 Å². The van der Waals surface area contributed by atoms with Gasteiger partial charge in [0.15, 0.2) is 0 Å². The number of carbonyl (C=O) groups is 3. The highest BCUT2D eigenvalue weighted by Gasteiger charge is 2.44. The van der Waals surface area contributed by atoms with Crippen molar-refractivity contribution in [1.82, 2.24) is 10.2 Å². The minimum Gasteiger partial charge on any atom is -0.396 e. The highest BCUT2D eigenvalue weighted by Crippen LogP contribution is 2.34. The molecule has 3 amide bonds. The number of hydrogen-bond acceptors (Lipinski definition) is 5. The summed E-state index contributed by atoms with van der Waals surface area (Å²) in [6, 6.07) is 6.73. The number of amides is 3. The van der Waals surface area contributed by atoms with Crippen LogP contribution in [-0.2, 0) is 14.4 Å². The Morgan fingerprint density at radius 1 is 1.24 bits per heavy atom. The van der Waals surface area contributed by atoms with E-state index in [0.29, 0.717) is 18.7 Å². The van der Waals surface area contributed by atoms with Gasteiger partial charge in [0.2, 0.25) is 17.7 Å². The van der Waals surface area contributed by atoms with Gasteiger partial charge in [0.05, 0.1) is 19.0 Å². The molecule has 2 unspecified atom stereocenters. The van der Waals surface area contributed by atoms with Gasteiger partial charge in [-0.3, -0.25) is 24.6 Å². The molecule has 2 atom stereocenters. The second-order valence-electron chi connectivity index (χ2n) is 7.64. The van der Waals surface area contributed by atoms with E-state index < -0.39 is 30.2 Å². The molecular weight excluding hydrogens is 384 g/mol. The molecule has 2 aliphatic heterocycles. The van der Waals surface area contributed by atoms with Crippen molar-refractivity contribution >= 4 is 23.4 Å². The number of nitrogens with one attached hydrogen (secondary N) is 2. The molecule has 29 heavy (non-hydrogen) atoms. The number of piperidine rings is 2. The van der Waals surface area contributed by atoms with E-state index in [1.807, 2.05) is 0 Å². The molecule has 0 spiro atoms. The van der Waals surface area contributed by atoms with Crippen molar-refractivity contribution in [2.24, 2.45) is 5.92 Å². The Morgan fingerprint density at radius 2 is 1.97 bits per heavy atom. The van der Waals surface area contributed by atoms with Crippen LogP contribution in [0.15, 0.2) is 24.3 Å². The standard InChI is InChI=1S/C20H25F2N3O4/c21-20(22)12-25(9-7-14(20)8-10-26)11-18(28)23-15-3-1-13(2-4-15)16-5-6-17(27)24-19(16)29/h1-4,14,16,26H,5-12H2,(H,23,28)(H,24,27,29). The van der Waals surface area contributed by atoms with Crippen molar-refractivity contribution in [2.45, 2.75) is 37.5 Å². The van der Waals surface area contributed by atoms with E-state index in [2.05, 4.69) is 10.6 Å². The number of carbonyl (C=O) groups excluding carboxylic acids is 3. The van der Waals surface area contributed by atoms with Crippen LogP contribution in [0.25, 0.3) is 0 Å². The van der Waals surface area contributed by atoms with Gasteiger partial charge in [0.1, 0.15) is 0 Å². The van der Waals surface area contributed by atoms with E-state index in [0.717, 1.165) is 5.56 Å². The van der Waals surface area contributed by atoms with Gasteiger partial charge in [-0.05, 0) is 43.5 Å². The highest BCUT2D eigenvalue weighted by atomic mass is 19.3. The van der Waals surface area contributed by atoms with E-state index in [4.69, 9.17) is 5.11 Å². The van der Waals surface area contributed by atoms with E-state index in [1.165, 1.54) is 4.90 Å². The minimum atomic E-state index is -2.93. The van der Waals surface area contributed by atoms with Gasteiger partial charge in [0, 0.05) is 24.6 Å². The number of alkyl halides is 2. The number of anilines is 1. The molecule has 2 saturated heterocycles. The minimum absolute atomic E-state index is 0.0621. The van der Waals surface area contributed by atoms with E-state index in [1.54, 1.807) is 24.3 Å². The third-order valence-corrected chi connectivity index (χ3v) is 5.51. The van der Waals surface area contributed by atoms with Crippen molar-refractivity contribution in [1.29, 1.82) is 0 Å². The van der Waals surface area contributed by atoms with Crippen LogP contribution in [0.2, 0.25) is 0 Å². The first-order valence-electron chi connectivity index (χ1n) is 9.73. The van der Waals surface area contributed by atoms with Gasteiger partial charge >= 0.3 is 0 Å². The lowest BCUT2D eigenvalue weighted by molar-refractivity contribution is -0.134. The zero-order chi connectivity index (χ0) is 21.0. The topological polar surface area (TPSA) is 98.7 Å². The fourth-order valence-corrected chi connectivity index (χ4v) is 3.92. The number of nitrogens with zero attached hydrogens (tertiary/aromatic N) is 1. The van der Waals surface area contributed by atoms with Crippen molar-refractivity contribution in [3.05, 3.63) is 29.8 Å². The lowest BCUT2D eigenvalue weighted by Gasteiger charge is -2.37. The van der Waals surface area contributed by atoms with E-state index >= 15 is 0 Å². The van der Waals surface area contributed by atoms with Crippen molar-refractivity contribution < 1.29 is 28.3 Å². The summed E-state index contributed by atoms with van der Waals surface area (Å²) < 4.78 is 28.2. The fraction of sp³-hybridized carbons (Fsp3) is 0.550. The second kappa shape index (κ2) is 8.96. The summed E-state index contributed by atoms with van der Waals surface area (Å²) in [6.07, 6.45) is 1.03. The molecule has 2 fully saturated rings. The quantitative estimate of drug-likeness (QED) is 0.619. The molecule has 0 saturated carbocycles. The summed E-state index contributed by atoms with van der Waals surface area (Å²) in [5, 5.41) is 13.9. The Balaban J connectivity index is 1.52. The monoisotopic (exact) mass is 409 g/mol. The maximum Gasteiger partial charge on any atom is 0.263 e. The fourth-order valence-electron chi connectivity index (χ4n) is 3.92. The molecule has 3 rings (SSSR count). The molecular formula is C20H25F2N3O4. The van der Waals surface area contributed by atoms with Crippen LogP contribution in [-0.4, -0.2) is 59.9 Å². The van der Waals surface area contributed by atoms with Crippen molar-refractivity contribution in [2.75, 3.05) is 31.6 Å². The molecule has 2 aliphatic rings. The lowest BCUT2D eigenvalue weighted by Crippen LogP contribution is -2.50. The molecule has 1 aromatic rings. The maximum absolute atomic E-state index is 14.1. The first-order chi connectivity index (χ1) is 13.8. The average molecular weight is 409 g/mol. The third-order valence-electron chi connectivity index (χ3n) is 5.51. The van der Waals surface area contributed by atoms with Gasteiger partial charge in [-0.2, -0.15) is 0 Å². The number of aliphatic hydroxyl groups is 1. The van der Waals surface area contributed by atoms with Crippen LogP contribution in [0.4, 0.5) is 14.5 Å². The van der Waals surface area contributed by atoms with Crippen LogP contribution in [0.1, 0.15) is 37.2 Å². The molecule has 0 aromatic heterocycles. The Morgan fingerprint density at radius 3 is 2.59 bits per heavy atom. The summed E-state index contributed by atoms with van der Waals surface area (Å²) in [7, 11) is 0. The van der Waals surface area contributed by atoms with Gasteiger partial charge in [-0.1, -0.05) is 12.1 Å². The first kappa shape index (κ1) is 21.3. The summed E-state index contributed by atoms with van der Waals surface area (Å²) in [4.78, 5) is 36.8. The lowest BCUT2D eigenvalue weighted by atomic mass is 9.90. The first-order valence-corrected chi connectivity index (χ1v) is 9.73. The Bertz CT molecular complexity index is 769. The van der Waals surface area contributed by atoms with Gasteiger partial charge in [-0.15, -0.1) is 0 Å². The second-order valence-corrected chi connectivity index (χ2v) is 7.64. The SMILES string of the molecule is O=C1CCC(c2ccc(NC(=O)CN3CCC(CCO)C(F)(F)C3)cc2)C(=O)N1. The molecule has 1 aromatic carbocycles. The predicted octanol–water partition coefficient (Wildman–Crippen LogP) is 1.48. The zero-order valence-electron chi connectivity index (χ0n) is 16.0. The molecule has 0 radical (unpaired) electrons. The molecule has 3 N–H and O–H groups in total. The third kappa shape index (κ3) is 5.36. The summed E-state index contributed by atoms with van der Waals surface area (Å²) >= 11 is 0. The number of likely N-dealkylation sites (tertiary alicyclic amines) is 1. The number of aliphatic hydroxyl groups excluding tert-OH is 1. The van der Waals surface area contributed by atoms with Gasteiger partial charge in [0.25, 0.3) is 5.92 Å². The van der Waals surface area contributed by atoms with Crippen LogP contribution in [0.3, 0.4) is 0 Å². The molecule has 0 aliphatic carbocycles. The largest absolute Gasteiger partial charge is 0.396 e.